The average molecular weight is 385 g/mol. The Bertz CT molecular complexity index is 772. The van der Waals surface area contributed by atoms with Crippen molar-refractivity contribution in [1.29, 1.82) is 0 Å². The Hall–Kier alpha value is -2.54. The number of amides is 2. The number of pyridine rings is 1. The van der Waals surface area contributed by atoms with E-state index in [1.807, 2.05) is 36.4 Å². The molecule has 0 aliphatic carbocycles. The maximum absolute atomic E-state index is 12.2. The average Bonchev–Trinajstić information content (AvgIpc) is 2.68. The van der Waals surface area contributed by atoms with Crippen LogP contribution in [0.4, 0.5) is 17.2 Å². The van der Waals surface area contributed by atoms with E-state index < -0.39 is 0 Å². The van der Waals surface area contributed by atoms with Crippen LogP contribution in [0.3, 0.4) is 0 Å². The first-order chi connectivity index (χ1) is 13.1. The van der Waals surface area contributed by atoms with Gasteiger partial charge in [0.2, 0.25) is 11.8 Å². The minimum absolute atomic E-state index is 0.0709. The lowest BCUT2D eigenvalue weighted by Crippen LogP contribution is -2.30. The first-order valence-electron chi connectivity index (χ1n) is 9.11. The minimum atomic E-state index is -0.102. The number of piperidine rings is 1. The van der Waals surface area contributed by atoms with E-state index in [-0.39, 0.29) is 11.8 Å². The van der Waals surface area contributed by atoms with Crippen molar-refractivity contribution in [3.05, 3.63) is 42.6 Å². The van der Waals surface area contributed by atoms with Gasteiger partial charge in [0.15, 0.2) is 0 Å². The van der Waals surface area contributed by atoms with Gasteiger partial charge in [-0.15, -0.1) is 11.8 Å². The second-order valence-corrected chi connectivity index (χ2v) is 7.54. The van der Waals surface area contributed by atoms with Crippen LogP contribution in [0, 0.1) is 0 Å². The third-order valence-corrected chi connectivity index (χ3v) is 5.27. The van der Waals surface area contributed by atoms with Crippen molar-refractivity contribution in [3.63, 3.8) is 0 Å². The highest BCUT2D eigenvalue weighted by molar-refractivity contribution is 8.00. The van der Waals surface area contributed by atoms with Crippen LogP contribution in [0.5, 0.6) is 0 Å². The van der Waals surface area contributed by atoms with Crippen molar-refractivity contribution >= 4 is 40.8 Å². The number of nitrogens with one attached hydrogen (secondary N) is 2. The standard InChI is InChI=1S/C20H24N4O2S/c1-15(25)22-16-5-8-18(9-6-16)27-14-20(26)23-17-7-10-19(21-13-17)24-11-3-2-4-12-24/h5-10,13H,2-4,11-12,14H2,1H3,(H,22,25)(H,23,26). The van der Waals surface area contributed by atoms with E-state index in [1.54, 1.807) is 6.20 Å². The Labute approximate surface area is 163 Å². The summed E-state index contributed by atoms with van der Waals surface area (Å²) in [5, 5.41) is 5.60. The van der Waals surface area contributed by atoms with Gasteiger partial charge in [-0.25, -0.2) is 4.98 Å². The lowest BCUT2D eigenvalue weighted by molar-refractivity contribution is -0.114. The molecular weight excluding hydrogens is 360 g/mol. The number of thioether (sulfide) groups is 1. The van der Waals surface area contributed by atoms with Crippen LogP contribution in [-0.4, -0.2) is 35.6 Å². The highest BCUT2D eigenvalue weighted by Gasteiger charge is 2.12. The summed E-state index contributed by atoms with van der Waals surface area (Å²) >= 11 is 1.45. The maximum atomic E-state index is 12.2. The number of hydrogen-bond donors (Lipinski definition) is 2. The number of nitrogens with zero attached hydrogens (tertiary/aromatic N) is 2. The first kappa shape index (κ1) is 19.2. The van der Waals surface area contributed by atoms with Crippen LogP contribution >= 0.6 is 11.8 Å². The van der Waals surface area contributed by atoms with Crippen LogP contribution < -0.4 is 15.5 Å². The van der Waals surface area contributed by atoms with Crippen molar-refractivity contribution in [3.8, 4) is 0 Å². The summed E-state index contributed by atoms with van der Waals surface area (Å²) in [6.07, 6.45) is 5.43. The quantitative estimate of drug-likeness (QED) is 0.742. The van der Waals surface area contributed by atoms with Gasteiger partial charge in [0.1, 0.15) is 5.82 Å². The van der Waals surface area contributed by atoms with E-state index in [9.17, 15) is 9.59 Å². The van der Waals surface area contributed by atoms with E-state index in [1.165, 1.54) is 37.9 Å². The summed E-state index contributed by atoms with van der Waals surface area (Å²) in [5.74, 6) is 1.11. The third kappa shape index (κ3) is 5.99. The molecule has 3 rings (SSSR count). The minimum Gasteiger partial charge on any atom is -0.357 e. The maximum Gasteiger partial charge on any atom is 0.234 e. The smallest absolute Gasteiger partial charge is 0.234 e. The van der Waals surface area contributed by atoms with Crippen LogP contribution in [0.2, 0.25) is 0 Å². The van der Waals surface area contributed by atoms with Crippen LogP contribution in [0.1, 0.15) is 26.2 Å². The molecule has 2 heterocycles. The second kappa shape index (κ2) is 9.41. The summed E-state index contributed by atoms with van der Waals surface area (Å²) < 4.78 is 0. The van der Waals surface area contributed by atoms with Gasteiger partial charge in [0.25, 0.3) is 0 Å². The number of benzene rings is 1. The zero-order chi connectivity index (χ0) is 19.1. The van der Waals surface area contributed by atoms with E-state index in [4.69, 9.17) is 0 Å². The summed E-state index contributed by atoms with van der Waals surface area (Å²) in [7, 11) is 0. The molecule has 27 heavy (non-hydrogen) atoms. The molecule has 0 spiro atoms. The molecule has 6 nitrogen and oxygen atoms in total. The van der Waals surface area contributed by atoms with Gasteiger partial charge >= 0.3 is 0 Å². The van der Waals surface area contributed by atoms with Gasteiger partial charge in [-0.05, 0) is 55.7 Å². The largest absolute Gasteiger partial charge is 0.357 e. The van der Waals surface area contributed by atoms with Crippen LogP contribution in [-0.2, 0) is 9.59 Å². The molecule has 7 heteroatoms. The zero-order valence-electron chi connectivity index (χ0n) is 15.4. The lowest BCUT2D eigenvalue weighted by Gasteiger charge is -2.27. The SMILES string of the molecule is CC(=O)Nc1ccc(SCC(=O)Nc2ccc(N3CCCCC3)nc2)cc1. The number of anilines is 3. The lowest BCUT2D eigenvalue weighted by atomic mass is 10.1. The molecule has 0 saturated carbocycles. The normalized spacial score (nSPS) is 13.9. The van der Waals surface area contributed by atoms with Crippen molar-refractivity contribution in [1.82, 2.24) is 4.98 Å². The van der Waals surface area contributed by atoms with Crippen molar-refractivity contribution < 1.29 is 9.59 Å². The Kier molecular flexibility index (Phi) is 6.70. The summed E-state index contributed by atoms with van der Waals surface area (Å²) in [6.45, 7) is 3.58. The predicted octanol–water partition coefficient (Wildman–Crippen LogP) is 3.76. The molecule has 1 aromatic carbocycles. The highest BCUT2D eigenvalue weighted by Crippen LogP contribution is 2.22. The molecule has 0 bridgehead atoms. The fraction of sp³-hybridized carbons (Fsp3) is 0.350. The fourth-order valence-corrected chi connectivity index (χ4v) is 3.65. The molecule has 142 valence electrons. The third-order valence-electron chi connectivity index (χ3n) is 4.26. The van der Waals surface area contributed by atoms with E-state index in [0.29, 0.717) is 11.4 Å². The summed E-state index contributed by atoms with van der Waals surface area (Å²) in [4.78, 5) is 30.9. The number of carbonyl (C=O) groups is 2. The van der Waals surface area contributed by atoms with E-state index in [0.717, 1.165) is 29.5 Å². The molecule has 1 fully saturated rings. The van der Waals surface area contributed by atoms with Gasteiger partial charge in [-0.2, -0.15) is 0 Å². The molecule has 1 aromatic heterocycles. The molecule has 1 aliphatic heterocycles. The molecule has 0 unspecified atom stereocenters. The molecular formula is C20H24N4O2S. The van der Waals surface area contributed by atoms with E-state index >= 15 is 0 Å². The first-order valence-corrected chi connectivity index (χ1v) is 10.1. The predicted molar refractivity (Wildman–Crippen MR) is 110 cm³/mol. The Balaban J connectivity index is 1.46. The molecule has 2 N–H and O–H groups in total. The Morgan fingerprint density at radius 1 is 1.00 bits per heavy atom. The fourth-order valence-electron chi connectivity index (χ4n) is 2.95. The van der Waals surface area contributed by atoms with E-state index in [2.05, 4.69) is 20.5 Å². The number of hydrogen-bond acceptors (Lipinski definition) is 5. The molecule has 1 aliphatic rings. The second-order valence-electron chi connectivity index (χ2n) is 6.50. The van der Waals surface area contributed by atoms with Crippen LogP contribution in [0.25, 0.3) is 0 Å². The topological polar surface area (TPSA) is 74.3 Å². The molecule has 2 amide bonds. The Morgan fingerprint density at radius 2 is 1.70 bits per heavy atom. The van der Waals surface area contributed by atoms with Crippen LogP contribution in [0.15, 0.2) is 47.5 Å². The van der Waals surface area contributed by atoms with Gasteiger partial charge < -0.3 is 15.5 Å². The Morgan fingerprint density at radius 3 is 2.33 bits per heavy atom. The number of rotatable bonds is 6. The zero-order valence-corrected chi connectivity index (χ0v) is 16.2. The molecule has 0 radical (unpaired) electrons. The monoisotopic (exact) mass is 384 g/mol. The number of carbonyl (C=O) groups excluding carboxylic acids is 2. The van der Waals surface area contributed by atoms with Crippen molar-refractivity contribution in [2.45, 2.75) is 31.1 Å². The summed E-state index contributed by atoms with van der Waals surface area (Å²) in [5.41, 5.74) is 1.46. The molecule has 2 aromatic rings. The molecule has 0 atom stereocenters. The number of aromatic nitrogens is 1. The van der Waals surface area contributed by atoms with Gasteiger partial charge in [0, 0.05) is 30.6 Å². The van der Waals surface area contributed by atoms with Crippen molar-refractivity contribution in [2.75, 3.05) is 34.4 Å². The van der Waals surface area contributed by atoms with Crippen molar-refractivity contribution in [2.24, 2.45) is 0 Å². The molecule has 1 saturated heterocycles. The van der Waals surface area contributed by atoms with Gasteiger partial charge in [-0.3, -0.25) is 9.59 Å². The van der Waals surface area contributed by atoms with Gasteiger partial charge in [-0.1, -0.05) is 0 Å². The van der Waals surface area contributed by atoms with Gasteiger partial charge in [0.05, 0.1) is 17.6 Å². The highest BCUT2D eigenvalue weighted by atomic mass is 32.2. The summed E-state index contributed by atoms with van der Waals surface area (Å²) in [6, 6.07) is 11.3.